The minimum Gasteiger partial charge on any atom is -0.347 e. The molecule has 0 saturated carbocycles. The van der Waals surface area contributed by atoms with Gasteiger partial charge in [-0.25, -0.2) is 4.98 Å². The van der Waals surface area contributed by atoms with Gasteiger partial charge in [0.05, 0.1) is 4.92 Å². The summed E-state index contributed by atoms with van der Waals surface area (Å²) < 4.78 is 0. The Morgan fingerprint density at radius 3 is 2.50 bits per heavy atom. The molecule has 1 aliphatic rings. The van der Waals surface area contributed by atoms with Gasteiger partial charge in [0, 0.05) is 49.5 Å². The third-order valence-electron chi connectivity index (χ3n) is 4.14. The maximum Gasteiger partial charge on any atom is 0.311 e. The van der Waals surface area contributed by atoms with Crippen molar-refractivity contribution < 1.29 is 9.72 Å². The molecule has 0 aliphatic carbocycles. The summed E-state index contributed by atoms with van der Waals surface area (Å²) in [5, 5.41) is 11.8. The van der Waals surface area contributed by atoms with Crippen LogP contribution in [0.1, 0.15) is 5.56 Å². The van der Waals surface area contributed by atoms with Crippen molar-refractivity contribution in [3.8, 4) is 0 Å². The van der Waals surface area contributed by atoms with Gasteiger partial charge in [0.1, 0.15) is 0 Å². The zero-order valence-electron chi connectivity index (χ0n) is 13.9. The van der Waals surface area contributed by atoms with E-state index < -0.39 is 4.92 Å². The first-order valence-corrected chi connectivity index (χ1v) is 8.49. The number of carbonyl (C=O) groups excluding carboxylic acids is 1. The number of amides is 1. The van der Waals surface area contributed by atoms with Crippen LogP contribution in [0.25, 0.3) is 6.08 Å². The van der Waals surface area contributed by atoms with E-state index in [-0.39, 0.29) is 11.6 Å². The van der Waals surface area contributed by atoms with E-state index in [1.54, 1.807) is 29.2 Å². The number of halogens is 1. The normalized spacial score (nSPS) is 14.7. The highest BCUT2D eigenvalue weighted by Gasteiger charge is 2.25. The molecule has 3 rings (SSSR count). The van der Waals surface area contributed by atoms with Crippen molar-refractivity contribution in [3.63, 3.8) is 0 Å². The molecule has 7 nitrogen and oxygen atoms in total. The van der Waals surface area contributed by atoms with E-state index in [9.17, 15) is 14.9 Å². The van der Waals surface area contributed by atoms with E-state index in [1.807, 2.05) is 17.0 Å². The molecule has 2 heterocycles. The smallest absolute Gasteiger partial charge is 0.311 e. The van der Waals surface area contributed by atoms with Gasteiger partial charge in [-0.3, -0.25) is 14.9 Å². The minimum absolute atomic E-state index is 0.0186. The van der Waals surface area contributed by atoms with Crippen LogP contribution in [-0.4, -0.2) is 46.9 Å². The number of anilines is 1. The predicted octanol–water partition coefficient (Wildman–Crippen LogP) is 3.01. The number of piperazine rings is 1. The maximum absolute atomic E-state index is 12.3. The maximum atomic E-state index is 12.3. The Kier molecular flexibility index (Phi) is 5.48. The van der Waals surface area contributed by atoms with E-state index >= 15 is 0 Å². The molecule has 26 heavy (non-hydrogen) atoms. The summed E-state index contributed by atoms with van der Waals surface area (Å²) in [4.78, 5) is 30.7. The molecule has 1 saturated heterocycles. The summed E-state index contributed by atoms with van der Waals surface area (Å²) in [5.74, 6) is 0.261. The number of pyridine rings is 1. The number of nitro groups is 1. The molecule has 1 aromatic carbocycles. The van der Waals surface area contributed by atoms with E-state index in [1.165, 1.54) is 18.3 Å². The van der Waals surface area contributed by atoms with Gasteiger partial charge in [-0.15, -0.1) is 0 Å². The highest BCUT2D eigenvalue weighted by Crippen LogP contribution is 2.25. The first kappa shape index (κ1) is 17.9. The first-order chi connectivity index (χ1) is 12.5. The number of aromatic nitrogens is 1. The van der Waals surface area contributed by atoms with Crippen LogP contribution in [0.5, 0.6) is 0 Å². The van der Waals surface area contributed by atoms with Crippen molar-refractivity contribution in [2.75, 3.05) is 31.1 Å². The van der Waals surface area contributed by atoms with Crippen LogP contribution in [-0.2, 0) is 4.79 Å². The van der Waals surface area contributed by atoms with Crippen LogP contribution < -0.4 is 4.90 Å². The van der Waals surface area contributed by atoms with E-state index in [2.05, 4.69) is 4.98 Å². The molecule has 0 bridgehead atoms. The quantitative estimate of drug-likeness (QED) is 0.468. The van der Waals surface area contributed by atoms with Crippen LogP contribution in [0.4, 0.5) is 11.5 Å². The van der Waals surface area contributed by atoms with E-state index in [0.29, 0.717) is 37.0 Å². The average Bonchev–Trinajstić information content (AvgIpc) is 2.67. The lowest BCUT2D eigenvalue weighted by atomic mass is 10.2. The standard InChI is InChI=1S/C18H17ClN4O3/c19-15-6-3-14(4-7-15)5-8-17(24)21-10-12-22(13-11-21)18-16(23(25)26)2-1-9-20-18/h1-9H,10-13H2/b8-5+. The topological polar surface area (TPSA) is 79.6 Å². The van der Waals surface area contributed by atoms with Crippen LogP contribution in [0.3, 0.4) is 0 Å². The van der Waals surface area contributed by atoms with Gasteiger partial charge in [-0.1, -0.05) is 23.7 Å². The zero-order chi connectivity index (χ0) is 18.5. The van der Waals surface area contributed by atoms with Crippen molar-refractivity contribution in [2.45, 2.75) is 0 Å². The molecule has 0 spiro atoms. The third-order valence-corrected chi connectivity index (χ3v) is 4.39. The molecule has 1 fully saturated rings. The van der Waals surface area contributed by atoms with Crippen LogP contribution in [0.15, 0.2) is 48.7 Å². The fourth-order valence-electron chi connectivity index (χ4n) is 2.76. The number of hydrogen-bond acceptors (Lipinski definition) is 5. The Morgan fingerprint density at radius 1 is 1.15 bits per heavy atom. The lowest BCUT2D eigenvalue weighted by Crippen LogP contribution is -2.48. The second kappa shape index (κ2) is 7.97. The van der Waals surface area contributed by atoms with Gasteiger partial charge in [0.2, 0.25) is 11.7 Å². The van der Waals surface area contributed by atoms with Crippen molar-refractivity contribution in [1.82, 2.24) is 9.88 Å². The molecule has 134 valence electrons. The number of rotatable bonds is 4. The van der Waals surface area contributed by atoms with Crippen LogP contribution in [0.2, 0.25) is 5.02 Å². The molecule has 1 aromatic heterocycles. The third kappa shape index (κ3) is 4.18. The van der Waals surface area contributed by atoms with Crippen LogP contribution in [0, 0.1) is 10.1 Å². The molecular formula is C18H17ClN4O3. The Balaban J connectivity index is 1.61. The van der Waals surface area contributed by atoms with Crippen molar-refractivity contribution in [3.05, 3.63) is 69.4 Å². The van der Waals surface area contributed by atoms with E-state index in [0.717, 1.165) is 5.56 Å². The molecule has 0 radical (unpaired) electrons. The molecule has 1 amide bonds. The SMILES string of the molecule is O=C(/C=C/c1ccc(Cl)cc1)N1CCN(c2ncccc2[N+](=O)[O-])CC1. The Labute approximate surface area is 155 Å². The highest BCUT2D eigenvalue weighted by atomic mass is 35.5. The molecule has 0 atom stereocenters. The monoisotopic (exact) mass is 372 g/mol. The molecule has 2 aromatic rings. The van der Waals surface area contributed by atoms with Crippen molar-refractivity contribution in [1.29, 1.82) is 0 Å². The summed E-state index contributed by atoms with van der Waals surface area (Å²) in [5.41, 5.74) is 0.875. The summed E-state index contributed by atoms with van der Waals surface area (Å²) in [6.45, 7) is 1.96. The van der Waals surface area contributed by atoms with Gasteiger partial charge in [-0.2, -0.15) is 0 Å². The fourth-order valence-corrected chi connectivity index (χ4v) is 2.89. The van der Waals surface area contributed by atoms with E-state index in [4.69, 9.17) is 11.6 Å². The number of hydrogen-bond donors (Lipinski definition) is 0. The Hall–Kier alpha value is -2.93. The first-order valence-electron chi connectivity index (χ1n) is 8.11. The number of carbonyl (C=O) groups is 1. The Morgan fingerprint density at radius 2 is 1.85 bits per heavy atom. The lowest BCUT2D eigenvalue weighted by Gasteiger charge is -2.34. The molecule has 0 unspecified atom stereocenters. The predicted molar refractivity (Wildman–Crippen MR) is 100 cm³/mol. The number of nitrogens with zero attached hydrogens (tertiary/aromatic N) is 4. The Bertz CT molecular complexity index is 831. The summed E-state index contributed by atoms with van der Waals surface area (Å²) in [7, 11) is 0. The molecule has 1 aliphatic heterocycles. The largest absolute Gasteiger partial charge is 0.347 e. The number of benzene rings is 1. The van der Waals surface area contributed by atoms with Gasteiger partial charge in [-0.05, 0) is 29.8 Å². The van der Waals surface area contributed by atoms with Gasteiger partial charge < -0.3 is 9.80 Å². The second-order valence-electron chi connectivity index (χ2n) is 5.80. The minimum atomic E-state index is -0.436. The van der Waals surface area contributed by atoms with Crippen molar-refractivity contribution in [2.24, 2.45) is 0 Å². The molecular weight excluding hydrogens is 356 g/mol. The average molecular weight is 373 g/mol. The van der Waals surface area contributed by atoms with Gasteiger partial charge >= 0.3 is 5.69 Å². The van der Waals surface area contributed by atoms with Crippen molar-refractivity contribution >= 4 is 35.1 Å². The summed E-state index contributed by atoms with van der Waals surface area (Å²) in [6.07, 6.45) is 4.81. The highest BCUT2D eigenvalue weighted by molar-refractivity contribution is 6.30. The second-order valence-corrected chi connectivity index (χ2v) is 6.24. The van der Waals surface area contributed by atoms with Crippen LogP contribution >= 0.6 is 11.6 Å². The summed E-state index contributed by atoms with van der Waals surface area (Å²) >= 11 is 5.84. The summed E-state index contributed by atoms with van der Waals surface area (Å²) in [6, 6.07) is 10.2. The zero-order valence-corrected chi connectivity index (χ0v) is 14.7. The molecule has 0 N–H and O–H groups in total. The fraction of sp³-hybridized carbons (Fsp3) is 0.222. The van der Waals surface area contributed by atoms with Gasteiger partial charge in [0.15, 0.2) is 0 Å². The van der Waals surface area contributed by atoms with Gasteiger partial charge in [0.25, 0.3) is 0 Å². The lowest BCUT2D eigenvalue weighted by molar-refractivity contribution is -0.384. The molecule has 8 heteroatoms.